The fourth-order valence-corrected chi connectivity index (χ4v) is 2.82. The first-order chi connectivity index (χ1) is 10.8. The van der Waals surface area contributed by atoms with Crippen LogP contribution in [0.2, 0.25) is 0 Å². The molecule has 0 saturated carbocycles. The number of hydrogen-bond donors (Lipinski definition) is 2. The Balaban J connectivity index is 2.13. The van der Waals surface area contributed by atoms with Crippen LogP contribution in [0.4, 0.5) is 0 Å². The molecule has 0 radical (unpaired) electrons. The Morgan fingerprint density at radius 1 is 1.35 bits per heavy atom. The highest BCUT2D eigenvalue weighted by Gasteiger charge is 2.29. The van der Waals surface area contributed by atoms with Crippen molar-refractivity contribution in [3.8, 4) is 5.75 Å². The van der Waals surface area contributed by atoms with Crippen molar-refractivity contribution in [2.75, 3.05) is 19.8 Å². The van der Waals surface area contributed by atoms with Crippen molar-refractivity contribution in [2.24, 2.45) is 0 Å². The van der Waals surface area contributed by atoms with Crippen LogP contribution < -0.4 is 10.1 Å². The third kappa shape index (κ3) is 4.45. The smallest absolute Gasteiger partial charge is 0.341 e. The van der Waals surface area contributed by atoms with Crippen LogP contribution in [0.25, 0.3) is 0 Å². The van der Waals surface area contributed by atoms with Gasteiger partial charge in [-0.3, -0.25) is 4.79 Å². The topological polar surface area (TPSA) is 84.9 Å². The van der Waals surface area contributed by atoms with E-state index in [1.807, 2.05) is 6.92 Å². The number of ether oxygens (including phenoxy) is 2. The van der Waals surface area contributed by atoms with Crippen LogP contribution in [0.1, 0.15) is 41.3 Å². The van der Waals surface area contributed by atoms with Crippen molar-refractivity contribution in [2.45, 2.75) is 39.2 Å². The quantitative estimate of drug-likeness (QED) is 0.867. The largest absolute Gasteiger partial charge is 0.481 e. The first-order valence-electron chi connectivity index (χ1n) is 7.67. The molecule has 0 aliphatic carbocycles. The highest BCUT2D eigenvalue weighted by molar-refractivity contribution is 5.95. The van der Waals surface area contributed by atoms with E-state index in [4.69, 9.17) is 14.6 Å². The van der Waals surface area contributed by atoms with Gasteiger partial charge in [-0.15, -0.1) is 0 Å². The lowest BCUT2D eigenvalue weighted by molar-refractivity contribution is -0.139. The maximum absolute atomic E-state index is 12.5. The summed E-state index contributed by atoms with van der Waals surface area (Å²) in [6.45, 7) is 6.42. The average molecular weight is 321 g/mol. The molecule has 2 rings (SSSR count). The van der Waals surface area contributed by atoms with E-state index in [-0.39, 0.29) is 11.4 Å². The molecule has 2 N–H and O–H groups in total. The van der Waals surface area contributed by atoms with Gasteiger partial charge in [0, 0.05) is 12.2 Å². The molecule has 6 nitrogen and oxygen atoms in total. The molecule has 0 spiro atoms. The molecule has 0 bridgehead atoms. The molecule has 126 valence electrons. The van der Waals surface area contributed by atoms with Crippen LogP contribution in [0.3, 0.4) is 0 Å². The van der Waals surface area contributed by atoms with Crippen molar-refractivity contribution in [3.05, 3.63) is 28.8 Å². The van der Waals surface area contributed by atoms with Gasteiger partial charge in [0.2, 0.25) is 0 Å². The number of rotatable bonds is 5. The highest BCUT2D eigenvalue weighted by Crippen LogP contribution is 2.26. The maximum atomic E-state index is 12.5. The first kappa shape index (κ1) is 17.3. The molecule has 1 aromatic carbocycles. The van der Waals surface area contributed by atoms with E-state index in [1.165, 1.54) is 0 Å². The Labute approximate surface area is 135 Å². The average Bonchev–Trinajstić information content (AvgIpc) is 2.46. The molecule has 1 unspecified atom stereocenters. The summed E-state index contributed by atoms with van der Waals surface area (Å²) in [5, 5.41) is 11.7. The van der Waals surface area contributed by atoms with E-state index < -0.39 is 12.6 Å². The second-order valence-corrected chi connectivity index (χ2v) is 6.29. The monoisotopic (exact) mass is 321 g/mol. The number of carbonyl (C=O) groups excluding carboxylic acids is 1. The number of benzene rings is 1. The van der Waals surface area contributed by atoms with Crippen molar-refractivity contribution in [1.82, 2.24) is 5.32 Å². The van der Waals surface area contributed by atoms with E-state index in [0.29, 0.717) is 17.9 Å². The standard InChI is InChI=1S/C17H23NO5/c1-11-7-13(8-12(2)15(11)23-9-14(19)20)16(21)18-17(3)5-4-6-22-10-17/h7-8H,4-6,9-10H2,1-3H3,(H,18,21)(H,19,20). The van der Waals surface area contributed by atoms with Gasteiger partial charge in [0.1, 0.15) is 5.75 Å². The lowest BCUT2D eigenvalue weighted by atomic mass is 9.94. The Morgan fingerprint density at radius 2 is 2.00 bits per heavy atom. The molecular weight excluding hydrogens is 298 g/mol. The van der Waals surface area contributed by atoms with E-state index in [9.17, 15) is 9.59 Å². The van der Waals surface area contributed by atoms with Crippen molar-refractivity contribution < 1.29 is 24.2 Å². The van der Waals surface area contributed by atoms with Crippen LogP contribution in [0.15, 0.2) is 12.1 Å². The lowest BCUT2D eigenvalue weighted by Crippen LogP contribution is -2.51. The van der Waals surface area contributed by atoms with Crippen LogP contribution >= 0.6 is 0 Å². The summed E-state index contributed by atoms with van der Waals surface area (Å²) in [6.07, 6.45) is 1.81. The molecule has 6 heteroatoms. The number of carboxylic acid groups (broad SMARTS) is 1. The first-order valence-corrected chi connectivity index (χ1v) is 7.67. The minimum absolute atomic E-state index is 0.158. The molecule has 1 saturated heterocycles. The van der Waals surface area contributed by atoms with Crippen molar-refractivity contribution in [1.29, 1.82) is 0 Å². The van der Waals surface area contributed by atoms with Gasteiger partial charge in [0.05, 0.1) is 12.1 Å². The normalized spacial score (nSPS) is 20.8. The third-order valence-electron chi connectivity index (χ3n) is 3.92. The van der Waals surface area contributed by atoms with E-state index >= 15 is 0 Å². The van der Waals surface area contributed by atoms with Crippen LogP contribution in [-0.4, -0.2) is 42.3 Å². The zero-order valence-electron chi connectivity index (χ0n) is 13.8. The zero-order chi connectivity index (χ0) is 17.0. The maximum Gasteiger partial charge on any atom is 0.341 e. The highest BCUT2D eigenvalue weighted by atomic mass is 16.5. The fourth-order valence-electron chi connectivity index (χ4n) is 2.82. The lowest BCUT2D eigenvalue weighted by Gasteiger charge is -2.34. The van der Waals surface area contributed by atoms with Gasteiger partial charge in [0.25, 0.3) is 5.91 Å². The van der Waals surface area contributed by atoms with Gasteiger partial charge < -0.3 is 19.9 Å². The number of hydrogen-bond acceptors (Lipinski definition) is 4. The molecular formula is C17H23NO5. The molecule has 1 fully saturated rings. The van der Waals surface area contributed by atoms with Gasteiger partial charge >= 0.3 is 5.97 Å². The van der Waals surface area contributed by atoms with Crippen molar-refractivity contribution >= 4 is 11.9 Å². The van der Waals surface area contributed by atoms with E-state index in [1.54, 1.807) is 26.0 Å². The number of carboxylic acids is 1. The molecule has 1 aromatic rings. The van der Waals surface area contributed by atoms with Crippen LogP contribution in [-0.2, 0) is 9.53 Å². The Bertz CT molecular complexity index is 582. The van der Waals surface area contributed by atoms with Crippen LogP contribution in [0.5, 0.6) is 5.75 Å². The summed E-state index contributed by atoms with van der Waals surface area (Å²) >= 11 is 0. The number of aryl methyl sites for hydroxylation is 2. The summed E-state index contributed by atoms with van der Waals surface area (Å²) in [5.74, 6) is -0.680. The number of aliphatic carboxylic acids is 1. The summed E-state index contributed by atoms with van der Waals surface area (Å²) in [4.78, 5) is 23.1. The second kappa shape index (κ2) is 7.00. The third-order valence-corrected chi connectivity index (χ3v) is 3.92. The zero-order valence-corrected chi connectivity index (χ0v) is 13.8. The number of amides is 1. The second-order valence-electron chi connectivity index (χ2n) is 6.29. The van der Waals surface area contributed by atoms with E-state index in [0.717, 1.165) is 30.6 Å². The van der Waals surface area contributed by atoms with Gasteiger partial charge in [-0.1, -0.05) is 0 Å². The SMILES string of the molecule is Cc1cc(C(=O)NC2(C)CCCOC2)cc(C)c1OCC(=O)O. The van der Waals surface area contributed by atoms with Gasteiger partial charge in [0.15, 0.2) is 6.61 Å². The molecule has 1 atom stereocenters. The summed E-state index contributed by atoms with van der Waals surface area (Å²) < 4.78 is 10.7. The Kier molecular flexibility index (Phi) is 5.26. The molecule has 1 heterocycles. The summed E-state index contributed by atoms with van der Waals surface area (Å²) in [5.41, 5.74) is 1.66. The molecule has 0 aromatic heterocycles. The van der Waals surface area contributed by atoms with Gasteiger partial charge in [-0.2, -0.15) is 0 Å². The molecule has 1 amide bonds. The van der Waals surface area contributed by atoms with Crippen molar-refractivity contribution in [3.63, 3.8) is 0 Å². The number of carbonyl (C=O) groups is 2. The predicted molar refractivity (Wildman–Crippen MR) is 85.0 cm³/mol. The van der Waals surface area contributed by atoms with Gasteiger partial charge in [-0.05, 0) is 56.9 Å². The molecule has 1 aliphatic rings. The van der Waals surface area contributed by atoms with Crippen LogP contribution in [0, 0.1) is 13.8 Å². The fraction of sp³-hybridized carbons (Fsp3) is 0.529. The Hall–Kier alpha value is -2.08. The van der Waals surface area contributed by atoms with Gasteiger partial charge in [-0.25, -0.2) is 4.79 Å². The number of nitrogens with one attached hydrogen (secondary N) is 1. The minimum atomic E-state index is -1.03. The molecule has 1 aliphatic heterocycles. The minimum Gasteiger partial charge on any atom is -0.481 e. The summed E-state index contributed by atoms with van der Waals surface area (Å²) in [7, 11) is 0. The van der Waals surface area contributed by atoms with E-state index in [2.05, 4.69) is 5.32 Å². The molecule has 23 heavy (non-hydrogen) atoms. The summed E-state index contributed by atoms with van der Waals surface area (Å²) in [6, 6.07) is 3.43. The predicted octanol–water partition coefficient (Wildman–Crippen LogP) is 2.07. The Morgan fingerprint density at radius 3 is 2.52 bits per heavy atom.